The summed E-state index contributed by atoms with van der Waals surface area (Å²) in [6.07, 6.45) is 2.74. The Balaban J connectivity index is 2.08. The number of aliphatic hydroxyl groups is 1. The van der Waals surface area contributed by atoms with Crippen molar-refractivity contribution in [3.05, 3.63) is 0 Å². The van der Waals surface area contributed by atoms with E-state index in [1.807, 2.05) is 0 Å². The molecule has 3 N–H and O–H groups in total. The maximum absolute atomic E-state index is 8.84. The van der Waals surface area contributed by atoms with E-state index < -0.39 is 0 Å². The Morgan fingerprint density at radius 3 is 2.91 bits per heavy atom. The molecule has 3 heterocycles. The van der Waals surface area contributed by atoms with Crippen LogP contribution in [0, 0.1) is 0 Å². The molecule has 0 saturated carbocycles. The molecule has 0 spiro atoms. The molecule has 1 aliphatic rings. The quantitative estimate of drug-likeness (QED) is 0.819. The van der Waals surface area contributed by atoms with Crippen molar-refractivity contribution in [2.24, 2.45) is 0 Å². The number of fused-ring (bicyclic) bond motifs is 1. The number of methoxy groups -OCH3 is 1. The number of hydrogen-bond donors (Lipinski definition) is 2. The molecule has 1 unspecified atom stereocenters. The molecule has 0 aliphatic carbocycles. The first-order valence-electron chi connectivity index (χ1n) is 7.19. The number of aromatic nitrogens is 4. The first kappa shape index (κ1) is 14.8. The highest BCUT2D eigenvalue weighted by atomic mass is 16.5. The van der Waals surface area contributed by atoms with Gasteiger partial charge in [-0.25, -0.2) is 0 Å². The molecule has 1 aliphatic heterocycles. The van der Waals surface area contributed by atoms with Crippen molar-refractivity contribution in [3.63, 3.8) is 0 Å². The lowest BCUT2D eigenvalue weighted by Gasteiger charge is -2.24. The van der Waals surface area contributed by atoms with E-state index >= 15 is 0 Å². The molecule has 3 rings (SSSR count). The zero-order valence-electron chi connectivity index (χ0n) is 12.4. The third-order valence-corrected chi connectivity index (χ3v) is 3.46. The van der Waals surface area contributed by atoms with E-state index in [1.54, 1.807) is 4.57 Å². The Labute approximate surface area is 127 Å². The molecular weight excluding hydrogens is 290 g/mol. The van der Waals surface area contributed by atoms with Gasteiger partial charge in [0, 0.05) is 6.61 Å². The first-order valence-corrected chi connectivity index (χ1v) is 7.19. The van der Waals surface area contributed by atoms with Crippen LogP contribution in [-0.4, -0.2) is 51.6 Å². The van der Waals surface area contributed by atoms with Crippen molar-refractivity contribution >= 4 is 17.0 Å². The normalized spacial score (nSPS) is 18.5. The predicted molar refractivity (Wildman–Crippen MR) is 77.7 cm³/mol. The summed E-state index contributed by atoms with van der Waals surface area (Å²) in [5.41, 5.74) is 6.88. The minimum absolute atomic E-state index is 0.0934. The first-order chi connectivity index (χ1) is 10.7. The number of imidazole rings is 1. The van der Waals surface area contributed by atoms with Gasteiger partial charge in [0.15, 0.2) is 17.0 Å². The molecule has 22 heavy (non-hydrogen) atoms. The van der Waals surface area contributed by atoms with E-state index in [2.05, 4.69) is 15.0 Å². The van der Waals surface area contributed by atoms with E-state index in [4.69, 9.17) is 25.1 Å². The summed E-state index contributed by atoms with van der Waals surface area (Å²) in [6, 6.07) is 0.473. The van der Waals surface area contributed by atoms with Crippen molar-refractivity contribution < 1.29 is 19.3 Å². The molecule has 0 aromatic carbocycles. The summed E-state index contributed by atoms with van der Waals surface area (Å²) in [5, 5.41) is 8.84. The summed E-state index contributed by atoms with van der Waals surface area (Å²) in [7, 11) is 1.54. The molecule has 1 saturated heterocycles. The standard InChI is InChI=1S/C13H19N5O4/c1-20-13-15-9-10(14)16-12(22-7-5-19)17-11(9)18(13)8-4-2-3-6-21-8/h8,19H,2-7H2,1H3,(H2,14,16,17). The number of rotatable bonds is 5. The van der Waals surface area contributed by atoms with Gasteiger partial charge in [-0.1, -0.05) is 0 Å². The van der Waals surface area contributed by atoms with E-state index in [9.17, 15) is 0 Å². The second-order valence-electron chi connectivity index (χ2n) is 4.93. The van der Waals surface area contributed by atoms with Crippen LogP contribution in [0.5, 0.6) is 12.0 Å². The van der Waals surface area contributed by atoms with Crippen LogP contribution in [0.4, 0.5) is 5.82 Å². The lowest BCUT2D eigenvalue weighted by molar-refractivity contribution is -0.0334. The summed E-state index contributed by atoms with van der Waals surface area (Å²) < 4.78 is 18.2. The molecule has 1 atom stereocenters. The van der Waals surface area contributed by atoms with Crippen molar-refractivity contribution in [3.8, 4) is 12.0 Å². The van der Waals surface area contributed by atoms with E-state index in [0.717, 1.165) is 19.3 Å². The zero-order valence-corrected chi connectivity index (χ0v) is 12.4. The van der Waals surface area contributed by atoms with E-state index in [-0.39, 0.29) is 31.3 Å². The number of nitrogens with zero attached hydrogens (tertiary/aromatic N) is 4. The van der Waals surface area contributed by atoms with E-state index in [0.29, 0.717) is 23.8 Å². The summed E-state index contributed by atoms with van der Waals surface area (Å²) in [4.78, 5) is 12.7. The van der Waals surface area contributed by atoms with Gasteiger partial charge in [0.25, 0.3) is 0 Å². The maximum atomic E-state index is 8.84. The molecule has 0 radical (unpaired) electrons. The smallest absolute Gasteiger partial charge is 0.320 e. The number of nitrogens with two attached hydrogens (primary N) is 1. The van der Waals surface area contributed by atoms with Crippen LogP contribution >= 0.6 is 0 Å². The summed E-state index contributed by atoms with van der Waals surface area (Å²) in [5.74, 6) is 0.200. The van der Waals surface area contributed by atoms with Gasteiger partial charge in [-0.05, 0) is 19.3 Å². The van der Waals surface area contributed by atoms with Crippen molar-refractivity contribution in [1.29, 1.82) is 0 Å². The van der Waals surface area contributed by atoms with Crippen LogP contribution in [0.3, 0.4) is 0 Å². The highest BCUT2D eigenvalue weighted by Crippen LogP contribution is 2.33. The fourth-order valence-corrected chi connectivity index (χ4v) is 2.49. The van der Waals surface area contributed by atoms with Crippen LogP contribution in [0.25, 0.3) is 11.2 Å². The summed E-state index contributed by atoms with van der Waals surface area (Å²) in [6.45, 7) is 0.647. The minimum Gasteiger partial charge on any atom is -0.468 e. The van der Waals surface area contributed by atoms with Gasteiger partial charge in [-0.2, -0.15) is 15.0 Å². The molecule has 120 valence electrons. The largest absolute Gasteiger partial charge is 0.468 e. The third kappa shape index (κ3) is 2.64. The monoisotopic (exact) mass is 309 g/mol. The topological polar surface area (TPSA) is 118 Å². The average Bonchev–Trinajstić information content (AvgIpc) is 2.93. The minimum atomic E-state index is -0.200. The maximum Gasteiger partial charge on any atom is 0.320 e. The van der Waals surface area contributed by atoms with Crippen LogP contribution in [-0.2, 0) is 4.74 Å². The van der Waals surface area contributed by atoms with Crippen LogP contribution in [0.15, 0.2) is 0 Å². The van der Waals surface area contributed by atoms with E-state index in [1.165, 1.54) is 7.11 Å². The number of hydrogen-bond acceptors (Lipinski definition) is 8. The Morgan fingerprint density at radius 2 is 2.23 bits per heavy atom. The molecule has 0 amide bonds. The highest BCUT2D eigenvalue weighted by Gasteiger charge is 2.25. The summed E-state index contributed by atoms with van der Waals surface area (Å²) >= 11 is 0. The second-order valence-corrected chi connectivity index (χ2v) is 4.93. The third-order valence-electron chi connectivity index (χ3n) is 3.46. The Bertz CT molecular complexity index is 653. The molecule has 2 aromatic rings. The Kier molecular flexibility index (Phi) is 4.25. The molecular formula is C13H19N5O4. The molecule has 1 fully saturated rings. The fourth-order valence-electron chi connectivity index (χ4n) is 2.49. The number of aliphatic hydroxyl groups excluding tert-OH is 1. The van der Waals surface area contributed by atoms with Crippen molar-refractivity contribution in [2.45, 2.75) is 25.5 Å². The van der Waals surface area contributed by atoms with Gasteiger partial charge in [0.2, 0.25) is 0 Å². The number of nitrogen functional groups attached to an aromatic ring is 1. The molecule has 9 heteroatoms. The van der Waals surface area contributed by atoms with Crippen LogP contribution in [0.2, 0.25) is 0 Å². The molecule has 9 nitrogen and oxygen atoms in total. The number of ether oxygens (including phenoxy) is 3. The predicted octanol–water partition coefficient (Wildman–Crippen LogP) is 0.487. The molecule has 2 aromatic heterocycles. The zero-order chi connectivity index (χ0) is 15.5. The van der Waals surface area contributed by atoms with Gasteiger partial charge >= 0.3 is 12.0 Å². The SMILES string of the molecule is COc1nc2c(N)nc(OCCO)nc2n1C1CCCCO1. The van der Waals surface area contributed by atoms with Crippen LogP contribution < -0.4 is 15.2 Å². The Hall–Kier alpha value is -2.13. The second kappa shape index (κ2) is 6.32. The van der Waals surface area contributed by atoms with Crippen molar-refractivity contribution in [1.82, 2.24) is 19.5 Å². The lowest BCUT2D eigenvalue weighted by Crippen LogP contribution is -2.19. The van der Waals surface area contributed by atoms with Gasteiger partial charge in [-0.3, -0.25) is 4.57 Å². The molecule has 0 bridgehead atoms. The Morgan fingerprint density at radius 1 is 1.36 bits per heavy atom. The van der Waals surface area contributed by atoms with Gasteiger partial charge < -0.3 is 25.1 Å². The van der Waals surface area contributed by atoms with Crippen molar-refractivity contribution in [2.75, 3.05) is 32.7 Å². The average molecular weight is 309 g/mol. The van der Waals surface area contributed by atoms with Crippen LogP contribution in [0.1, 0.15) is 25.5 Å². The van der Waals surface area contributed by atoms with Gasteiger partial charge in [0.05, 0.1) is 13.7 Å². The lowest BCUT2D eigenvalue weighted by atomic mass is 10.2. The van der Waals surface area contributed by atoms with Gasteiger partial charge in [0.1, 0.15) is 12.8 Å². The number of anilines is 1. The van der Waals surface area contributed by atoms with Gasteiger partial charge in [-0.15, -0.1) is 0 Å². The highest BCUT2D eigenvalue weighted by molar-refractivity contribution is 5.83. The fraction of sp³-hybridized carbons (Fsp3) is 0.615.